The van der Waals surface area contributed by atoms with Crippen molar-refractivity contribution in [3.05, 3.63) is 17.8 Å². The fourth-order valence-corrected chi connectivity index (χ4v) is 1.17. The molecular weight excluding hydrogens is 196 g/mol. The van der Waals surface area contributed by atoms with E-state index < -0.39 is 0 Å². The van der Waals surface area contributed by atoms with Crippen molar-refractivity contribution in [1.29, 1.82) is 0 Å². The Morgan fingerprint density at radius 3 is 3.07 bits per heavy atom. The van der Waals surface area contributed by atoms with Gasteiger partial charge in [0.15, 0.2) is 0 Å². The molecule has 0 amide bonds. The van der Waals surface area contributed by atoms with Crippen LogP contribution in [0.4, 0.5) is 0 Å². The lowest BCUT2D eigenvalue weighted by atomic mass is 10.2. The topological polar surface area (TPSA) is 96.7 Å². The number of oxazole rings is 1. The minimum Gasteiger partial charge on any atom is -0.445 e. The molecule has 1 aromatic rings. The van der Waals surface area contributed by atoms with Gasteiger partial charge in [-0.2, -0.15) is 0 Å². The average Bonchev–Trinajstić information content (AvgIpc) is 2.61. The maximum Gasteiger partial charge on any atom is 0.208 e. The summed E-state index contributed by atoms with van der Waals surface area (Å²) in [5.74, 6) is 1.63. The van der Waals surface area contributed by atoms with Crippen LogP contribution >= 0.6 is 0 Å². The van der Waals surface area contributed by atoms with Crippen molar-refractivity contribution in [2.24, 2.45) is 10.9 Å². The van der Waals surface area contributed by atoms with Crippen molar-refractivity contribution < 1.29 is 9.62 Å². The Morgan fingerprint density at radius 2 is 2.53 bits per heavy atom. The van der Waals surface area contributed by atoms with Gasteiger partial charge >= 0.3 is 0 Å². The number of nitrogens with zero attached hydrogens (tertiary/aromatic N) is 2. The van der Waals surface area contributed by atoms with E-state index >= 15 is 0 Å². The van der Waals surface area contributed by atoms with Crippen molar-refractivity contribution in [1.82, 2.24) is 10.3 Å². The lowest BCUT2D eigenvalue weighted by molar-refractivity contribution is 0.315. The zero-order valence-electron chi connectivity index (χ0n) is 8.90. The van der Waals surface area contributed by atoms with Gasteiger partial charge in [0.25, 0.3) is 0 Å². The first kappa shape index (κ1) is 11.5. The molecule has 0 saturated carbocycles. The van der Waals surface area contributed by atoms with Gasteiger partial charge in [0.2, 0.25) is 5.89 Å². The highest BCUT2D eigenvalue weighted by molar-refractivity contribution is 5.80. The third-order valence-corrected chi connectivity index (χ3v) is 1.91. The molecule has 0 fully saturated rings. The number of aryl methyl sites for hydroxylation is 1. The van der Waals surface area contributed by atoms with E-state index in [1.165, 1.54) is 0 Å². The van der Waals surface area contributed by atoms with E-state index in [1.54, 1.807) is 6.20 Å². The van der Waals surface area contributed by atoms with Crippen LogP contribution in [0.15, 0.2) is 15.8 Å². The fraction of sp³-hybridized carbons (Fsp3) is 0.556. The first-order valence-corrected chi connectivity index (χ1v) is 4.73. The van der Waals surface area contributed by atoms with Gasteiger partial charge in [-0.3, -0.25) is 0 Å². The van der Waals surface area contributed by atoms with Gasteiger partial charge in [0.05, 0.1) is 12.7 Å². The van der Waals surface area contributed by atoms with Crippen LogP contribution in [0.5, 0.6) is 0 Å². The molecule has 0 radical (unpaired) electrons. The standard InChI is InChI=1S/C9H16N4O2/c1-6(3-8(10)13-14)11-5-9-12-4-7(2)15-9/h4,6,11,14H,3,5H2,1-2H3,(H2,10,13). The quantitative estimate of drug-likeness (QED) is 0.287. The lowest BCUT2D eigenvalue weighted by Crippen LogP contribution is -2.30. The van der Waals surface area contributed by atoms with Crippen LogP contribution in [-0.2, 0) is 6.54 Å². The predicted molar refractivity (Wildman–Crippen MR) is 55.6 cm³/mol. The average molecular weight is 212 g/mol. The molecule has 1 aromatic heterocycles. The van der Waals surface area contributed by atoms with Crippen LogP contribution < -0.4 is 11.1 Å². The number of aromatic nitrogens is 1. The predicted octanol–water partition coefficient (Wildman–Crippen LogP) is 0.598. The van der Waals surface area contributed by atoms with Gasteiger partial charge in [0, 0.05) is 12.5 Å². The van der Waals surface area contributed by atoms with E-state index in [1.807, 2.05) is 13.8 Å². The van der Waals surface area contributed by atoms with E-state index in [4.69, 9.17) is 15.4 Å². The second-order valence-corrected chi connectivity index (χ2v) is 3.44. The van der Waals surface area contributed by atoms with Gasteiger partial charge in [-0.25, -0.2) is 4.98 Å². The van der Waals surface area contributed by atoms with Crippen molar-refractivity contribution in [3.63, 3.8) is 0 Å². The molecule has 1 rings (SSSR count). The summed E-state index contributed by atoms with van der Waals surface area (Å²) in [5, 5.41) is 14.4. The lowest BCUT2D eigenvalue weighted by Gasteiger charge is -2.10. The highest BCUT2D eigenvalue weighted by atomic mass is 16.4. The summed E-state index contributed by atoms with van der Waals surface area (Å²) in [7, 11) is 0. The third kappa shape index (κ3) is 3.99. The van der Waals surface area contributed by atoms with Crippen LogP contribution in [0.1, 0.15) is 25.0 Å². The number of rotatable bonds is 5. The maximum absolute atomic E-state index is 8.38. The first-order chi connectivity index (χ1) is 7.11. The maximum atomic E-state index is 8.38. The molecule has 6 nitrogen and oxygen atoms in total. The molecule has 0 aromatic carbocycles. The Balaban J connectivity index is 2.31. The molecule has 4 N–H and O–H groups in total. The third-order valence-electron chi connectivity index (χ3n) is 1.91. The number of nitrogens with one attached hydrogen (secondary N) is 1. The molecule has 1 heterocycles. The van der Waals surface area contributed by atoms with Crippen molar-refractivity contribution >= 4 is 5.84 Å². The molecule has 0 aliphatic carbocycles. The highest BCUT2D eigenvalue weighted by Crippen LogP contribution is 2.01. The number of amidine groups is 1. The van der Waals surface area contributed by atoms with Crippen LogP contribution in [0.2, 0.25) is 0 Å². The second-order valence-electron chi connectivity index (χ2n) is 3.44. The van der Waals surface area contributed by atoms with E-state index in [9.17, 15) is 0 Å². The van der Waals surface area contributed by atoms with E-state index in [2.05, 4.69) is 15.5 Å². The molecule has 0 saturated heterocycles. The second kappa shape index (κ2) is 5.35. The van der Waals surface area contributed by atoms with Gasteiger partial charge in [-0.05, 0) is 13.8 Å². The zero-order chi connectivity index (χ0) is 11.3. The van der Waals surface area contributed by atoms with Crippen LogP contribution in [0, 0.1) is 6.92 Å². The van der Waals surface area contributed by atoms with Crippen LogP contribution in [0.3, 0.4) is 0 Å². The van der Waals surface area contributed by atoms with Crippen molar-refractivity contribution in [2.45, 2.75) is 32.9 Å². The molecule has 1 unspecified atom stereocenters. The SMILES string of the molecule is Cc1cnc(CNC(C)C/C(N)=N/O)o1. The van der Waals surface area contributed by atoms with E-state index in [0.29, 0.717) is 18.9 Å². The summed E-state index contributed by atoms with van der Waals surface area (Å²) in [6, 6.07) is 0.105. The molecule has 15 heavy (non-hydrogen) atoms. The number of oxime groups is 1. The Morgan fingerprint density at radius 1 is 1.80 bits per heavy atom. The molecular formula is C9H16N4O2. The Bertz CT molecular complexity index is 335. The van der Waals surface area contributed by atoms with Gasteiger partial charge < -0.3 is 20.7 Å². The summed E-state index contributed by atoms with van der Waals surface area (Å²) in [6.07, 6.45) is 2.15. The Labute approximate surface area is 88.2 Å². The monoisotopic (exact) mass is 212 g/mol. The normalized spacial score (nSPS) is 14.1. The summed E-state index contributed by atoms with van der Waals surface area (Å²) in [5.41, 5.74) is 5.37. The highest BCUT2D eigenvalue weighted by Gasteiger charge is 2.06. The summed E-state index contributed by atoms with van der Waals surface area (Å²) < 4.78 is 5.28. The van der Waals surface area contributed by atoms with Crippen LogP contribution in [0.25, 0.3) is 0 Å². The largest absolute Gasteiger partial charge is 0.445 e. The minimum atomic E-state index is 0.105. The van der Waals surface area contributed by atoms with E-state index in [0.717, 1.165) is 5.76 Å². The van der Waals surface area contributed by atoms with Gasteiger partial charge in [0.1, 0.15) is 11.6 Å². The first-order valence-electron chi connectivity index (χ1n) is 4.73. The molecule has 84 valence electrons. The molecule has 0 bridgehead atoms. The van der Waals surface area contributed by atoms with Crippen molar-refractivity contribution in [3.8, 4) is 0 Å². The van der Waals surface area contributed by atoms with Gasteiger partial charge in [-0.1, -0.05) is 5.16 Å². The fourth-order valence-electron chi connectivity index (χ4n) is 1.17. The molecule has 1 atom stereocenters. The van der Waals surface area contributed by atoms with Crippen molar-refractivity contribution in [2.75, 3.05) is 0 Å². The van der Waals surface area contributed by atoms with Gasteiger partial charge in [-0.15, -0.1) is 0 Å². The Kier molecular flexibility index (Phi) is 4.11. The molecule has 0 spiro atoms. The number of hydrogen-bond acceptors (Lipinski definition) is 5. The summed E-state index contributed by atoms with van der Waals surface area (Å²) in [4.78, 5) is 4.05. The summed E-state index contributed by atoms with van der Waals surface area (Å²) >= 11 is 0. The molecule has 0 aliphatic rings. The molecule has 6 heteroatoms. The number of hydrogen-bond donors (Lipinski definition) is 3. The summed E-state index contributed by atoms with van der Waals surface area (Å²) in [6.45, 7) is 4.32. The van der Waals surface area contributed by atoms with Crippen LogP contribution in [-0.4, -0.2) is 22.1 Å². The zero-order valence-corrected chi connectivity index (χ0v) is 8.90. The van der Waals surface area contributed by atoms with E-state index in [-0.39, 0.29) is 11.9 Å². The molecule has 0 aliphatic heterocycles. The Hall–Kier alpha value is -1.56. The smallest absolute Gasteiger partial charge is 0.208 e. The minimum absolute atomic E-state index is 0.105. The number of nitrogens with two attached hydrogens (primary N) is 1.